The molecular weight excluding hydrogens is 236 g/mol. The zero-order valence-electron chi connectivity index (χ0n) is 13.8. The number of piperazine rings is 1. The van der Waals surface area contributed by atoms with Gasteiger partial charge in [-0.25, -0.2) is 0 Å². The van der Waals surface area contributed by atoms with Crippen molar-refractivity contribution >= 4 is 5.91 Å². The molecule has 0 unspecified atom stereocenters. The van der Waals surface area contributed by atoms with E-state index in [1.807, 2.05) is 25.7 Å². The summed E-state index contributed by atoms with van der Waals surface area (Å²) in [6.45, 7) is 17.9. The van der Waals surface area contributed by atoms with Gasteiger partial charge in [-0.2, -0.15) is 0 Å². The minimum atomic E-state index is -0.242. The molecule has 1 heterocycles. The maximum absolute atomic E-state index is 12.2. The van der Waals surface area contributed by atoms with Crippen molar-refractivity contribution in [2.24, 2.45) is 10.8 Å². The van der Waals surface area contributed by atoms with Crippen molar-refractivity contribution < 1.29 is 4.79 Å². The fourth-order valence-corrected chi connectivity index (χ4v) is 2.48. The summed E-state index contributed by atoms with van der Waals surface area (Å²) in [5.41, 5.74) is 0.193. The highest BCUT2D eigenvalue weighted by atomic mass is 16.2. The van der Waals surface area contributed by atoms with Gasteiger partial charge in [0.1, 0.15) is 0 Å². The second-order valence-corrected chi connectivity index (χ2v) is 8.05. The van der Waals surface area contributed by atoms with Crippen molar-refractivity contribution in [2.75, 3.05) is 32.7 Å². The fourth-order valence-electron chi connectivity index (χ4n) is 2.48. The van der Waals surface area contributed by atoms with Crippen molar-refractivity contribution in [3.05, 3.63) is 0 Å². The number of nitrogens with zero attached hydrogens (tertiary/aromatic N) is 2. The van der Waals surface area contributed by atoms with Gasteiger partial charge in [-0.05, 0) is 24.8 Å². The molecule has 1 aliphatic heterocycles. The Bertz CT molecular complexity index is 291. The Hall–Kier alpha value is -0.570. The molecule has 0 aliphatic carbocycles. The van der Waals surface area contributed by atoms with Gasteiger partial charge in [0.05, 0.1) is 0 Å². The molecule has 0 aromatic carbocycles. The van der Waals surface area contributed by atoms with Crippen LogP contribution in [0.5, 0.6) is 0 Å². The van der Waals surface area contributed by atoms with Crippen LogP contribution in [-0.2, 0) is 4.79 Å². The molecule has 1 saturated heterocycles. The third kappa shape index (κ3) is 5.94. The molecule has 19 heavy (non-hydrogen) atoms. The second-order valence-electron chi connectivity index (χ2n) is 8.05. The number of rotatable bonds is 3. The molecule has 3 nitrogen and oxygen atoms in total. The quantitative estimate of drug-likeness (QED) is 0.785. The molecule has 0 radical (unpaired) electrons. The molecule has 3 heteroatoms. The van der Waals surface area contributed by atoms with Crippen LogP contribution in [0.3, 0.4) is 0 Å². The van der Waals surface area contributed by atoms with E-state index in [-0.39, 0.29) is 5.41 Å². The zero-order valence-corrected chi connectivity index (χ0v) is 13.8. The number of carbonyl (C=O) groups excluding carboxylic acids is 1. The second kappa shape index (κ2) is 6.25. The van der Waals surface area contributed by atoms with Crippen LogP contribution in [0.2, 0.25) is 0 Å². The summed E-state index contributed by atoms with van der Waals surface area (Å²) in [5.74, 6) is 0.293. The van der Waals surface area contributed by atoms with Crippen LogP contribution >= 0.6 is 0 Å². The van der Waals surface area contributed by atoms with Gasteiger partial charge < -0.3 is 4.90 Å². The normalized spacial score (nSPS) is 18.7. The average Bonchev–Trinajstić information content (AvgIpc) is 2.26. The van der Waals surface area contributed by atoms with Crippen molar-refractivity contribution in [3.8, 4) is 0 Å². The summed E-state index contributed by atoms with van der Waals surface area (Å²) < 4.78 is 0. The van der Waals surface area contributed by atoms with Gasteiger partial charge in [-0.15, -0.1) is 0 Å². The van der Waals surface area contributed by atoms with Gasteiger partial charge in [-0.3, -0.25) is 9.69 Å². The highest BCUT2D eigenvalue weighted by molar-refractivity contribution is 5.81. The molecular formula is C16H32N2O. The van der Waals surface area contributed by atoms with E-state index in [1.165, 1.54) is 19.4 Å². The maximum atomic E-state index is 12.2. The van der Waals surface area contributed by atoms with Crippen LogP contribution in [0.15, 0.2) is 0 Å². The minimum Gasteiger partial charge on any atom is -0.340 e. The first kappa shape index (κ1) is 16.5. The Labute approximate surface area is 119 Å². The third-order valence-electron chi connectivity index (χ3n) is 3.70. The maximum Gasteiger partial charge on any atom is 0.228 e. The lowest BCUT2D eigenvalue weighted by Crippen LogP contribution is -2.51. The Morgan fingerprint density at radius 1 is 0.947 bits per heavy atom. The topological polar surface area (TPSA) is 23.6 Å². The van der Waals surface area contributed by atoms with E-state index in [9.17, 15) is 4.79 Å². The highest BCUT2D eigenvalue weighted by Crippen LogP contribution is 2.21. The van der Waals surface area contributed by atoms with Gasteiger partial charge >= 0.3 is 0 Å². The number of amides is 1. The highest BCUT2D eigenvalue weighted by Gasteiger charge is 2.29. The van der Waals surface area contributed by atoms with Crippen molar-refractivity contribution in [3.63, 3.8) is 0 Å². The van der Waals surface area contributed by atoms with E-state index in [2.05, 4.69) is 25.7 Å². The molecule has 0 aromatic heterocycles. The summed E-state index contributed by atoms with van der Waals surface area (Å²) in [7, 11) is 0. The van der Waals surface area contributed by atoms with E-state index in [4.69, 9.17) is 0 Å². The molecule has 0 N–H and O–H groups in total. The number of hydrogen-bond acceptors (Lipinski definition) is 2. The Morgan fingerprint density at radius 2 is 1.47 bits per heavy atom. The van der Waals surface area contributed by atoms with Crippen molar-refractivity contribution in [2.45, 2.75) is 54.4 Å². The van der Waals surface area contributed by atoms with Crippen LogP contribution in [0, 0.1) is 10.8 Å². The molecule has 1 fully saturated rings. The van der Waals surface area contributed by atoms with Crippen molar-refractivity contribution in [1.29, 1.82) is 0 Å². The lowest BCUT2D eigenvalue weighted by Gasteiger charge is -2.38. The first-order valence-corrected chi connectivity index (χ1v) is 7.61. The smallest absolute Gasteiger partial charge is 0.228 e. The Morgan fingerprint density at radius 3 is 1.89 bits per heavy atom. The molecule has 0 saturated carbocycles. The van der Waals surface area contributed by atoms with Gasteiger partial charge in [0.2, 0.25) is 5.91 Å². The zero-order chi connectivity index (χ0) is 14.7. The van der Waals surface area contributed by atoms with Crippen molar-refractivity contribution in [1.82, 2.24) is 9.80 Å². The average molecular weight is 268 g/mol. The first-order valence-electron chi connectivity index (χ1n) is 7.61. The van der Waals surface area contributed by atoms with Crippen LogP contribution in [-0.4, -0.2) is 48.4 Å². The van der Waals surface area contributed by atoms with E-state index < -0.39 is 0 Å². The van der Waals surface area contributed by atoms with E-state index in [0.29, 0.717) is 11.3 Å². The molecule has 1 rings (SSSR count). The SMILES string of the molecule is CC(C)(C)CCCN1CCN(C(=O)C(C)(C)C)CC1. The van der Waals surface area contributed by atoms with Gasteiger partial charge in [0.15, 0.2) is 0 Å². The van der Waals surface area contributed by atoms with E-state index in [0.717, 1.165) is 26.2 Å². The monoisotopic (exact) mass is 268 g/mol. The number of hydrogen-bond donors (Lipinski definition) is 0. The third-order valence-corrected chi connectivity index (χ3v) is 3.70. The molecule has 0 aromatic rings. The van der Waals surface area contributed by atoms with E-state index in [1.54, 1.807) is 0 Å². The molecule has 0 spiro atoms. The summed E-state index contributed by atoms with van der Waals surface area (Å²) in [6, 6.07) is 0. The standard InChI is InChI=1S/C16H32N2O/c1-15(2,3)8-7-9-17-10-12-18(13-11-17)14(19)16(4,5)6/h7-13H2,1-6H3. The van der Waals surface area contributed by atoms with Crippen LogP contribution in [0.4, 0.5) is 0 Å². The largest absolute Gasteiger partial charge is 0.340 e. The fraction of sp³-hybridized carbons (Fsp3) is 0.938. The minimum absolute atomic E-state index is 0.242. The van der Waals surface area contributed by atoms with Crippen LogP contribution in [0.1, 0.15) is 54.4 Å². The Kier molecular flexibility index (Phi) is 5.43. The predicted octanol–water partition coefficient (Wildman–Crippen LogP) is 3.00. The number of carbonyl (C=O) groups is 1. The molecule has 1 amide bonds. The lowest BCUT2D eigenvalue weighted by atomic mass is 9.90. The predicted molar refractivity (Wildman–Crippen MR) is 81.2 cm³/mol. The summed E-state index contributed by atoms with van der Waals surface area (Å²) in [4.78, 5) is 16.7. The summed E-state index contributed by atoms with van der Waals surface area (Å²) in [5, 5.41) is 0. The van der Waals surface area contributed by atoms with Gasteiger partial charge in [0, 0.05) is 31.6 Å². The van der Waals surface area contributed by atoms with E-state index >= 15 is 0 Å². The van der Waals surface area contributed by atoms with Crippen LogP contribution in [0.25, 0.3) is 0 Å². The summed E-state index contributed by atoms with van der Waals surface area (Å²) in [6.07, 6.45) is 2.53. The molecule has 112 valence electrons. The first-order chi connectivity index (χ1) is 8.59. The molecule has 0 bridgehead atoms. The van der Waals surface area contributed by atoms with Crippen LogP contribution < -0.4 is 0 Å². The van der Waals surface area contributed by atoms with Gasteiger partial charge in [-0.1, -0.05) is 41.5 Å². The molecule has 0 atom stereocenters. The molecule has 1 aliphatic rings. The van der Waals surface area contributed by atoms with Gasteiger partial charge in [0.25, 0.3) is 0 Å². The lowest BCUT2D eigenvalue weighted by molar-refractivity contribution is -0.141. The Balaban J connectivity index is 2.28. The summed E-state index contributed by atoms with van der Waals surface area (Å²) >= 11 is 0.